The Bertz CT molecular complexity index is 164. The molecule has 0 rings (SSSR count). The first-order valence-electron chi connectivity index (χ1n) is 7.22. The zero-order chi connectivity index (χ0) is 13.6. The first-order chi connectivity index (χ1) is 8.79. The molecule has 0 unspecified atom stereocenters. The molecule has 1 N–H and O–H groups in total. The molecule has 0 fully saturated rings. The van der Waals surface area contributed by atoms with Gasteiger partial charge in [0.2, 0.25) is 0 Å². The van der Waals surface area contributed by atoms with Crippen LogP contribution >= 0.6 is 0 Å². The molecule has 0 heterocycles. The molecule has 0 atom stereocenters. The van der Waals surface area contributed by atoms with Crippen LogP contribution in [0.5, 0.6) is 0 Å². The van der Waals surface area contributed by atoms with E-state index in [1.165, 1.54) is 19.3 Å². The van der Waals surface area contributed by atoms with E-state index in [-0.39, 0.29) is 0 Å². The molecule has 4 heteroatoms. The van der Waals surface area contributed by atoms with Gasteiger partial charge in [0.05, 0.1) is 13.2 Å². The van der Waals surface area contributed by atoms with E-state index in [9.17, 15) is 0 Å². The van der Waals surface area contributed by atoms with Crippen molar-refractivity contribution in [1.82, 2.24) is 10.2 Å². The lowest BCUT2D eigenvalue weighted by Gasteiger charge is -2.30. The number of methoxy groups -OCH3 is 2. The molecular weight excluding hydrogens is 228 g/mol. The summed E-state index contributed by atoms with van der Waals surface area (Å²) in [5, 5.41) is 3.39. The molecule has 0 amide bonds. The third-order valence-corrected chi connectivity index (χ3v) is 3.32. The molecule has 0 spiro atoms. The number of hydrogen-bond donors (Lipinski definition) is 1. The topological polar surface area (TPSA) is 33.7 Å². The summed E-state index contributed by atoms with van der Waals surface area (Å²) in [6.07, 6.45) is 3.62. The first kappa shape index (κ1) is 17.8. The smallest absolute Gasteiger partial charge is 0.0589 e. The Morgan fingerprint density at radius 2 is 1.61 bits per heavy atom. The number of nitrogens with one attached hydrogen (secondary N) is 1. The van der Waals surface area contributed by atoms with E-state index in [1.54, 1.807) is 14.2 Å². The number of ether oxygens (including phenoxy) is 2. The highest BCUT2D eigenvalue weighted by Crippen LogP contribution is 2.08. The molecule has 0 aliphatic heterocycles. The average molecular weight is 260 g/mol. The molecule has 0 radical (unpaired) electrons. The van der Waals surface area contributed by atoms with Crippen LogP contribution in [0, 0.1) is 0 Å². The van der Waals surface area contributed by atoms with Crippen molar-refractivity contribution in [2.45, 2.75) is 39.2 Å². The molecule has 0 bridgehead atoms. The van der Waals surface area contributed by atoms with Crippen molar-refractivity contribution in [3.63, 3.8) is 0 Å². The summed E-state index contributed by atoms with van der Waals surface area (Å²) in [5.74, 6) is 0. The highest BCUT2D eigenvalue weighted by atomic mass is 16.5. The Labute approximate surface area is 113 Å². The van der Waals surface area contributed by atoms with Gasteiger partial charge in [-0.25, -0.2) is 0 Å². The van der Waals surface area contributed by atoms with Gasteiger partial charge < -0.3 is 14.8 Å². The molecule has 0 saturated heterocycles. The second kappa shape index (κ2) is 13.3. The Balaban J connectivity index is 3.78. The van der Waals surface area contributed by atoms with Gasteiger partial charge in [-0.3, -0.25) is 4.90 Å². The monoisotopic (exact) mass is 260 g/mol. The van der Waals surface area contributed by atoms with E-state index >= 15 is 0 Å². The van der Waals surface area contributed by atoms with Crippen LogP contribution in [0.1, 0.15) is 33.1 Å². The van der Waals surface area contributed by atoms with Gasteiger partial charge >= 0.3 is 0 Å². The zero-order valence-corrected chi connectivity index (χ0v) is 12.7. The van der Waals surface area contributed by atoms with Crippen LogP contribution in [-0.4, -0.2) is 64.6 Å². The van der Waals surface area contributed by atoms with Crippen LogP contribution in [0.25, 0.3) is 0 Å². The third kappa shape index (κ3) is 8.86. The number of hydrogen-bond acceptors (Lipinski definition) is 4. The van der Waals surface area contributed by atoms with Gasteiger partial charge in [-0.05, 0) is 32.4 Å². The Morgan fingerprint density at radius 1 is 0.944 bits per heavy atom. The van der Waals surface area contributed by atoms with Crippen LogP contribution in [0.15, 0.2) is 0 Å². The second-order valence-electron chi connectivity index (χ2n) is 4.60. The summed E-state index contributed by atoms with van der Waals surface area (Å²) >= 11 is 0. The van der Waals surface area contributed by atoms with Crippen molar-refractivity contribution < 1.29 is 9.47 Å². The lowest BCUT2D eigenvalue weighted by Crippen LogP contribution is -2.38. The lowest BCUT2D eigenvalue weighted by molar-refractivity contribution is 0.114. The fourth-order valence-corrected chi connectivity index (χ4v) is 2.20. The van der Waals surface area contributed by atoms with Crippen molar-refractivity contribution >= 4 is 0 Å². The summed E-state index contributed by atoms with van der Waals surface area (Å²) in [5.41, 5.74) is 0. The molecule has 0 saturated carbocycles. The fraction of sp³-hybridized carbons (Fsp3) is 1.00. The van der Waals surface area contributed by atoms with Gasteiger partial charge in [0.1, 0.15) is 0 Å². The summed E-state index contributed by atoms with van der Waals surface area (Å²) < 4.78 is 10.2. The predicted molar refractivity (Wildman–Crippen MR) is 77.2 cm³/mol. The van der Waals surface area contributed by atoms with Crippen LogP contribution in [0.3, 0.4) is 0 Å². The second-order valence-corrected chi connectivity index (χ2v) is 4.60. The molecule has 0 aliphatic carbocycles. The lowest BCUT2D eigenvalue weighted by atomic mass is 10.1. The van der Waals surface area contributed by atoms with Crippen LogP contribution in [0.2, 0.25) is 0 Å². The predicted octanol–water partition coefficient (Wildman–Crippen LogP) is 1.75. The quantitative estimate of drug-likeness (QED) is 0.512. The standard InChI is InChI=1S/C14H32N2O2/c1-5-14(6-2)16(11-13-18-4)10-7-8-15-9-12-17-3/h14-15H,5-13H2,1-4H3. The molecule has 4 nitrogen and oxygen atoms in total. The minimum atomic E-state index is 0.694. The van der Waals surface area contributed by atoms with Gasteiger partial charge in [0.15, 0.2) is 0 Å². The Kier molecular flexibility index (Phi) is 13.2. The summed E-state index contributed by atoms with van der Waals surface area (Å²) in [6.45, 7) is 10.4. The van der Waals surface area contributed by atoms with Gasteiger partial charge in [-0.15, -0.1) is 0 Å². The van der Waals surface area contributed by atoms with E-state index in [2.05, 4.69) is 24.1 Å². The average Bonchev–Trinajstić information content (AvgIpc) is 2.40. The summed E-state index contributed by atoms with van der Waals surface area (Å²) in [6, 6.07) is 0.694. The largest absolute Gasteiger partial charge is 0.383 e. The maximum absolute atomic E-state index is 5.20. The van der Waals surface area contributed by atoms with Crippen molar-refractivity contribution in [2.24, 2.45) is 0 Å². The highest BCUT2D eigenvalue weighted by Gasteiger charge is 2.13. The minimum absolute atomic E-state index is 0.694. The molecule has 0 aromatic carbocycles. The van der Waals surface area contributed by atoms with Crippen molar-refractivity contribution in [1.29, 1.82) is 0 Å². The van der Waals surface area contributed by atoms with Crippen LogP contribution in [-0.2, 0) is 9.47 Å². The van der Waals surface area contributed by atoms with Gasteiger partial charge in [0.25, 0.3) is 0 Å². The minimum Gasteiger partial charge on any atom is -0.383 e. The molecule has 0 aromatic rings. The summed E-state index contributed by atoms with van der Waals surface area (Å²) in [7, 11) is 3.51. The van der Waals surface area contributed by atoms with E-state index in [0.717, 1.165) is 39.4 Å². The Morgan fingerprint density at radius 3 is 2.17 bits per heavy atom. The van der Waals surface area contributed by atoms with Crippen molar-refractivity contribution in [3.8, 4) is 0 Å². The molecule has 0 aromatic heterocycles. The van der Waals surface area contributed by atoms with E-state index < -0.39 is 0 Å². The SMILES string of the molecule is CCC(CC)N(CCCNCCOC)CCOC. The van der Waals surface area contributed by atoms with Gasteiger partial charge in [0, 0.05) is 33.4 Å². The van der Waals surface area contributed by atoms with Gasteiger partial charge in [-0.2, -0.15) is 0 Å². The fourth-order valence-electron chi connectivity index (χ4n) is 2.20. The first-order valence-corrected chi connectivity index (χ1v) is 7.22. The number of rotatable bonds is 13. The molecule has 18 heavy (non-hydrogen) atoms. The van der Waals surface area contributed by atoms with E-state index in [0.29, 0.717) is 6.04 Å². The number of nitrogens with zero attached hydrogens (tertiary/aromatic N) is 1. The maximum Gasteiger partial charge on any atom is 0.0589 e. The van der Waals surface area contributed by atoms with E-state index in [4.69, 9.17) is 9.47 Å². The normalized spacial score (nSPS) is 11.7. The molecule has 110 valence electrons. The summed E-state index contributed by atoms with van der Waals surface area (Å²) in [4.78, 5) is 2.56. The van der Waals surface area contributed by atoms with Crippen LogP contribution < -0.4 is 5.32 Å². The van der Waals surface area contributed by atoms with Crippen LogP contribution in [0.4, 0.5) is 0 Å². The Hall–Kier alpha value is -0.160. The molecule has 0 aliphatic rings. The highest BCUT2D eigenvalue weighted by molar-refractivity contribution is 4.69. The molecular formula is C14H32N2O2. The van der Waals surface area contributed by atoms with Crippen molar-refractivity contribution in [3.05, 3.63) is 0 Å². The van der Waals surface area contributed by atoms with E-state index in [1.807, 2.05) is 0 Å². The van der Waals surface area contributed by atoms with Gasteiger partial charge in [-0.1, -0.05) is 13.8 Å². The zero-order valence-electron chi connectivity index (χ0n) is 12.7. The maximum atomic E-state index is 5.20. The van der Waals surface area contributed by atoms with Crippen molar-refractivity contribution in [2.75, 3.05) is 53.6 Å². The third-order valence-electron chi connectivity index (χ3n) is 3.32.